The van der Waals surface area contributed by atoms with E-state index >= 15 is 0 Å². The third-order valence-corrected chi connectivity index (χ3v) is 2.35. The zero-order chi connectivity index (χ0) is 10.7. The van der Waals surface area contributed by atoms with E-state index in [1.807, 2.05) is 13.8 Å². The molecule has 1 rings (SSSR count). The fourth-order valence-electron chi connectivity index (χ4n) is 1.69. The van der Waals surface area contributed by atoms with Crippen molar-refractivity contribution in [3.05, 3.63) is 0 Å². The van der Waals surface area contributed by atoms with Crippen LogP contribution >= 0.6 is 0 Å². The molecule has 0 spiro atoms. The molecule has 1 heterocycles. The lowest BCUT2D eigenvalue weighted by molar-refractivity contribution is -0.152. The van der Waals surface area contributed by atoms with Crippen molar-refractivity contribution in [2.45, 2.75) is 19.9 Å². The molecule has 0 bridgehead atoms. The number of aliphatic carboxylic acids is 1. The van der Waals surface area contributed by atoms with Crippen molar-refractivity contribution in [1.29, 1.82) is 0 Å². The second kappa shape index (κ2) is 4.41. The normalized spacial score (nSPS) is 19.9. The summed E-state index contributed by atoms with van der Waals surface area (Å²) in [5, 5.41) is 11.9. The van der Waals surface area contributed by atoms with Crippen molar-refractivity contribution in [3.63, 3.8) is 0 Å². The van der Waals surface area contributed by atoms with Crippen LogP contribution < -0.4 is 5.32 Å². The number of carbonyl (C=O) groups is 2. The smallest absolute Gasteiger partial charge is 0.326 e. The van der Waals surface area contributed by atoms with Gasteiger partial charge in [0.2, 0.25) is 5.91 Å². The molecule has 0 aliphatic carbocycles. The number of rotatable bonds is 3. The highest BCUT2D eigenvalue weighted by Crippen LogP contribution is 2.12. The topological polar surface area (TPSA) is 69.6 Å². The van der Waals surface area contributed by atoms with E-state index in [0.717, 1.165) is 0 Å². The molecule has 1 atom stereocenters. The summed E-state index contributed by atoms with van der Waals surface area (Å²) >= 11 is 0. The van der Waals surface area contributed by atoms with Crippen LogP contribution in [0.1, 0.15) is 13.8 Å². The van der Waals surface area contributed by atoms with Gasteiger partial charge in [0, 0.05) is 13.1 Å². The SMILES string of the molecule is CC(C)[C@@H](C(=O)O)N1CCNCC1=O. The van der Waals surface area contributed by atoms with Crippen LogP contribution in [0.4, 0.5) is 0 Å². The summed E-state index contributed by atoms with van der Waals surface area (Å²) in [6, 6.07) is -0.690. The maximum Gasteiger partial charge on any atom is 0.326 e. The highest BCUT2D eigenvalue weighted by Gasteiger charge is 2.33. The Morgan fingerprint density at radius 1 is 1.57 bits per heavy atom. The molecular weight excluding hydrogens is 184 g/mol. The van der Waals surface area contributed by atoms with Crippen molar-refractivity contribution < 1.29 is 14.7 Å². The summed E-state index contributed by atoms with van der Waals surface area (Å²) in [5.74, 6) is -1.11. The van der Waals surface area contributed by atoms with Gasteiger partial charge in [-0.2, -0.15) is 0 Å². The van der Waals surface area contributed by atoms with Crippen molar-refractivity contribution >= 4 is 11.9 Å². The minimum absolute atomic E-state index is 0.0606. The molecular formula is C9H16N2O3. The molecule has 14 heavy (non-hydrogen) atoms. The van der Waals surface area contributed by atoms with Gasteiger partial charge in [-0.1, -0.05) is 13.8 Å². The molecule has 5 nitrogen and oxygen atoms in total. The number of piperazine rings is 1. The Hall–Kier alpha value is -1.10. The summed E-state index contributed by atoms with van der Waals surface area (Å²) < 4.78 is 0. The van der Waals surface area contributed by atoms with Gasteiger partial charge in [0.25, 0.3) is 0 Å². The Kier molecular flexibility index (Phi) is 3.46. The molecule has 0 aromatic carbocycles. The first-order chi connectivity index (χ1) is 6.54. The number of hydrogen-bond donors (Lipinski definition) is 2. The summed E-state index contributed by atoms with van der Waals surface area (Å²) in [4.78, 5) is 23.9. The average molecular weight is 200 g/mol. The average Bonchev–Trinajstić information content (AvgIpc) is 2.07. The first-order valence-electron chi connectivity index (χ1n) is 4.77. The number of amides is 1. The van der Waals surface area contributed by atoms with Gasteiger partial charge >= 0.3 is 5.97 Å². The van der Waals surface area contributed by atoms with Gasteiger partial charge < -0.3 is 15.3 Å². The maximum atomic E-state index is 11.4. The van der Waals surface area contributed by atoms with Crippen LogP contribution in [-0.4, -0.2) is 47.6 Å². The van der Waals surface area contributed by atoms with E-state index < -0.39 is 12.0 Å². The first kappa shape index (κ1) is 11.0. The molecule has 0 unspecified atom stereocenters. The summed E-state index contributed by atoms with van der Waals surface area (Å²) in [6.07, 6.45) is 0. The van der Waals surface area contributed by atoms with E-state index in [9.17, 15) is 9.59 Å². The number of carboxylic acid groups (broad SMARTS) is 1. The number of carbonyl (C=O) groups excluding carboxylic acids is 1. The van der Waals surface area contributed by atoms with Crippen LogP contribution in [0.3, 0.4) is 0 Å². The van der Waals surface area contributed by atoms with E-state index in [-0.39, 0.29) is 18.4 Å². The van der Waals surface area contributed by atoms with E-state index in [0.29, 0.717) is 13.1 Å². The zero-order valence-electron chi connectivity index (χ0n) is 8.49. The predicted molar refractivity (Wildman–Crippen MR) is 50.8 cm³/mol. The minimum Gasteiger partial charge on any atom is -0.480 e. The van der Waals surface area contributed by atoms with E-state index in [2.05, 4.69) is 5.32 Å². The second-order valence-corrected chi connectivity index (χ2v) is 3.79. The third-order valence-electron chi connectivity index (χ3n) is 2.35. The van der Waals surface area contributed by atoms with Crippen molar-refractivity contribution in [1.82, 2.24) is 10.2 Å². The van der Waals surface area contributed by atoms with Gasteiger partial charge in [-0.05, 0) is 5.92 Å². The molecule has 1 saturated heterocycles. The first-order valence-corrected chi connectivity index (χ1v) is 4.77. The standard InChI is InChI=1S/C9H16N2O3/c1-6(2)8(9(13)14)11-4-3-10-5-7(11)12/h6,8,10H,3-5H2,1-2H3,(H,13,14)/t8-/m0/s1. The van der Waals surface area contributed by atoms with Crippen molar-refractivity contribution in [2.24, 2.45) is 5.92 Å². The summed E-state index contributed by atoms with van der Waals surface area (Å²) in [6.45, 7) is 5.02. The van der Waals surface area contributed by atoms with E-state index in [4.69, 9.17) is 5.11 Å². The second-order valence-electron chi connectivity index (χ2n) is 3.79. The molecule has 0 saturated carbocycles. The number of nitrogens with zero attached hydrogens (tertiary/aromatic N) is 1. The number of nitrogens with one attached hydrogen (secondary N) is 1. The Balaban J connectivity index is 2.75. The Bertz CT molecular complexity index is 240. The number of carboxylic acids is 1. The minimum atomic E-state index is -0.921. The Labute approximate surface area is 83.1 Å². The molecule has 1 fully saturated rings. The molecule has 1 aliphatic heterocycles. The van der Waals surface area contributed by atoms with Crippen molar-refractivity contribution in [2.75, 3.05) is 19.6 Å². The van der Waals surface area contributed by atoms with Gasteiger partial charge in [0.05, 0.1) is 6.54 Å². The zero-order valence-corrected chi connectivity index (χ0v) is 8.49. The highest BCUT2D eigenvalue weighted by molar-refractivity contribution is 5.85. The maximum absolute atomic E-state index is 11.4. The molecule has 5 heteroatoms. The monoisotopic (exact) mass is 200 g/mol. The largest absolute Gasteiger partial charge is 0.480 e. The van der Waals surface area contributed by atoms with Crippen LogP contribution in [0.25, 0.3) is 0 Å². The van der Waals surface area contributed by atoms with Gasteiger partial charge in [-0.3, -0.25) is 4.79 Å². The lowest BCUT2D eigenvalue weighted by atomic mass is 10.0. The fraction of sp³-hybridized carbons (Fsp3) is 0.778. The molecule has 0 aromatic rings. The Morgan fingerprint density at radius 3 is 2.64 bits per heavy atom. The molecule has 1 aliphatic rings. The van der Waals surface area contributed by atoms with E-state index in [1.54, 1.807) is 0 Å². The lowest BCUT2D eigenvalue weighted by Crippen LogP contribution is -2.56. The van der Waals surface area contributed by atoms with Crippen LogP contribution in [0, 0.1) is 5.92 Å². The summed E-state index contributed by atoms with van der Waals surface area (Å²) in [7, 11) is 0. The van der Waals surface area contributed by atoms with Crippen LogP contribution in [0.2, 0.25) is 0 Å². The van der Waals surface area contributed by atoms with Crippen molar-refractivity contribution in [3.8, 4) is 0 Å². The fourth-order valence-corrected chi connectivity index (χ4v) is 1.69. The highest BCUT2D eigenvalue weighted by atomic mass is 16.4. The summed E-state index contributed by atoms with van der Waals surface area (Å²) in [5.41, 5.74) is 0. The molecule has 1 amide bonds. The molecule has 0 radical (unpaired) electrons. The molecule has 80 valence electrons. The van der Waals surface area contributed by atoms with Crippen LogP contribution in [-0.2, 0) is 9.59 Å². The van der Waals surface area contributed by atoms with Gasteiger partial charge in [-0.15, -0.1) is 0 Å². The van der Waals surface area contributed by atoms with Crippen LogP contribution in [0.15, 0.2) is 0 Å². The predicted octanol–water partition coefficient (Wildman–Crippen LogP) is -0.473. The van der Waals surface area contributed by atoms with Gasteiger partial charge in [-0.25, -0.2) is 4.79 Å². The molecule has 2 N–H and O–H groups in total. The lowest BCUT2D eigenvalue weighted by Gasteiger charge is -2.34. The Morgan fingerprint density at radius 2 is 2.21 bits per heavy atom. The van der Waals surface area contributed by atoms with Crippen LogP contribution in [0.5, 0.6) is 0 Å². The van der Waals surface area contributed by atoms with Gasteiger partial charge in [0.1, 0.15) is 6.04 Å². The quantitative estimate of drug-likeness (QED) is 0.646. The van der Waals surface area contributed by atoms with E-state index in [1.165, 1.54) is 4.90 Å². The number of hydrogen-bond acceptors (Lipinski definition) is 3. The van der Waals surface area contributed by atoms with Gasteiger partial charge in [0.15, 0.2) is 0 Å². The third kappa shape index (κ3) is 2.23. The molecule has 0 aromatic heterocycles.